The van der Waals surface area contributed by atoms with Crippen molar-refractivity contribution in [1.82, 2.24) is 0 Å². The fourth-order valence-corrected chi connectivity index (χ4v) is 6.04. The summed E-state index contributed by atoms with van der Waals surface area (Å²) in [5, 5.41) is 0. The van der Waals surface area contributed by atoms with Crippen LogP contribution in [-0.4, -0.2) is 41.1 Å². The zero-order valence-electron chi connectivity index (χ0n) is 18.2. The Morgan fingerprint density at radius 2 is 1.03 bits per heavy atom. The number of hydrogen-bond donors (Lipinski definition) is 0. The van der Waals surface area contributed by atoms with Crippen LogP contribution in [0, 0.1) is 5.92 Å². The normalized spacial score (nSPS) is 13.7. The molecule has 0 aliphatic heterocycles. The summed E-state index contributed by atoms with van der Waals surface area (Å²) < 4.78 is 134. The van der Waals surface area contributed by atoms with E-state index >= 15 is 0 Å². The second kappa shape index (κ2) is 12.6. The minimum absolute atomic E-state index is 0.0726. The zero-order chi connectivity index (χ0) is 24.5. The Balaban J connectivity index is 5.15. The summed E-state index contributed by atoms with van der Waals surface area (Å²) in [6.07, 6.45) is -2.67. The van der Waals surface area contributed by atoms with Gasteiger partial charge in [-0.3, -0.25) is 0 Å². The molecule has 12 heteroatoms. The average molecular weight is 501 g/mol. The standard InChI is InChI=1S/C19H32F8O2Si2/c1-4-5-6-7-8-11-16(20,21)18(24,25)19(26,27)17(22,23)12-9-10-15(13-30(2)28)14-31(3)29/h15H,4-14H2,1-3H3. The van der Waals surface area contributed by atoms with Crippen molar-refractivity contribution in [3.8, 4) is 0 Å². The monoisotopic (exact) mass is 500 g/mol. The molecule has 0 amide bonds. The predicted octanol–water partition coefficient (Wildman–Crippen LogP) is 7.78. The van der Waals surface area contributed by atoms with Crippen LogP contribution >= 0.6 is 0 Å². The predicted molar refractivity (Wildman–Crippen MR) is 105 cm³/mol. The number of halogens is 8. The van der Waals surface area contributed by atoms with Crippen LogP contribution in [0.1, 0.15) is 64.7 Å². The van der Waals surface area contributed by atoms with Gasteiger partial charge < -0.3 is 8.92 Å². The largest absolute Gasteiger partial charge is 0.389 e. The Hall–Kier alpha value is -0.526. The van der Waals surface area contributed by atoms with Gasteiger partial charge in [-0.2, -0.15) is 35.1 Å². The SMILES string of the molecule is CCCCCCCC(F)(F)C(F)(F)C(F)(F)C(F)(F)CCCC(C[Si](C)=O)C[Si](C)=O. The first-order chi connectivity index (χ1) is 14.0. The molecular formula is C19H32F8O2Si2. The molecule has 0 bridgehead atoms. The number of hydrogen-bond acceptors (Lipinski definition) is 2. The molecule has 0 aromatic rings. The molecule has 31 heavy (non-hydrogen) atoms. The van der Waals surface area contributed by atoms with Crippen LogP contribution in [0.5, 0.6) is 0 Å². The van der Waals surface area contributed by atoms with Crippen molar-refractivity contribution in [2.75, 3.05) is 0 Å². The van der Waals surface area contributed by atoms with Crippen LogP contribution in [-0.2, 0) is 8.92 Å². The summed E-state index contributed by atoms with van der Waals surface area (Å²) >= 11 is 0. The third kappa shape index (κ3) is 9.09. The van der Waals surface area contributed by atoms with Gasteiger partial charge in [-0.15, -0.1) is 0 Å². The molecule has 0 aliphatic carbocycles. The lowest BCUT2D eigenvalue weighted by Crippen LogP contribution is -2.62. The third-order valence-corrected chi connectivity index (χ3v) is 7.47. The lowest BCUT2D eigenvalue weighted by atomic mass is 9.91. The Labute approximate surface area is 181 Å². The smallest absolute Gasteiger partial charge is 0.378 e. The summed E-state index contributed by atoms with van der Waals surface area (Å²) in [6.45, 7) is 4.63. The molecule has 0 saturated carbocycles. The molecule has 0 aromatic heterocycles. The summed E-state index contributed by atoms with van der Waals surface area (Å²) in [7, 11) is -4.11. The van der Waals surface area contributed by atoms with Gasteiger partial charge in [-0.25, -0.2) is 0 Å². The van der Waals surface area contributed by atoms with E-state index in [-0.39, 0.29) is 24.9 Å². The van der Waals surface area contributed by atoms with Crippen LogP contribution in [0.2, 0.25) is 25.2 Å². The quantitative estimate of drug-likeness (QED) is 0.116. The van der Waals surface area contributed by atoms with Gasteiger partial charge in [0, 0.05) is 12.8 Å². The highest BCUT2D eigenvalue weighted by atomic mass is 28.3. The second-order valence-electron chi connectivity index (χ2n) is 8.29. The van der Waals surface area contributed by atoms with Gasteiger partial charge in [0.2, 0.25) is 0 Å². The van der Waals surface area contributed by atoms with Crippen molar-refractivity contribution in [1.29, 1.82) is 0 Å². The van der Waals surface area contributed by atoms with Gasteiger partial charge in [-0.1, -0.05) is 39.0 Å². The summed E-state index contributed by atoms with van der Waals surface area (Å²) in [6, 6.07) is 0.145. The maximum Gasteiger partial charge on any atom is 0.378 e. The Kier molecular flexibility index (Phi) is 12.4. The maximum absolute atomic E-state index is 14.0. The van der Waals surface area contributed by atoms with Crippen molar-refractivity contribution < 1.29 is 44.0 Å². The van der Waals surface area contributed by atoms with E-state index < -0.39 is 72.7 Å². The highest BCUT2D eigenvalue weighted by molar-refractivity contribution is 6.43. The van der Waals surface area contributed by atoms with Crippen molar-refractivity contribution in [2.45, 2.75) is 114 Å². The van der Waals surface area contributed by atoms with Gasteiger partial charge in [0.15, 0.2) is 0 Å². The average Bonchev–Trinajstić information content (AvgIpc) is 2.59. The van der Waals surface area contributed by atoms with Gasteiger partial charge in [0.1, 0.15) is 0 Å². The van der Waals surface area contributed by atoms with Crippen LogP contribution in [0.3, 0.4) is 0 Å². The third-order valence-electron chi connectivity index (χ3n) is 5.16. The first-order valence-electron chi connectivity index (χ1n) is 10.5. The highest BCUT2D eigenvalue weighted by Crippen LogP contribution is 2.55. The number of rotatable bonds is 17. The molecule has 184 valence electrons. The number of alkyl halides is 8. The van der Waals surface area contributed by atoms with E-state index in [9.17, 15) is 44.0 Å². The first kappa shape index (κ1) is 30.5. The van der Waals surface area contributed by atoms with E-state index in [0.29, 0.717) is 12.8 Å². The summed E-state index contributed by atoms with van der Waals surface area (Å²) in [5.74, 6) is -23.6. The van der Waals surface area contributed by atoms with Crippen LogP contribution < -0.4 is 0 Å². The molecule has 0 spiro atoms. The molecule has 0 N–H and O–H groups in total. The van der Waals surface area contributed by atoms with E-state index in [4.69, 9.17) is 0 Å². The topological polar surface area (TPSA) is 34.1 Å². The molecule has 0 aliphatic rings. The molecule has 0 atom stereocenters. The molecule has 0 radical (unpaired) electrons. The molecule has 0 rings (SSSR count). The minimum atomic E-state index is -6.24. The molecule has 0 fully saturated rings. The molecule has 0 unspecified atom stereocenters. The molecular weight excluding hydrogens is 468 g/mol. The highest BCUT2D eigenvalue weighted by Gasteiger charge is 2.79. The minimum Gasteiger partial charge on any atom is -0.389 e. The lowest BCUT2D eigenvalue weighted by molar-refractivity contribution is -0.368. The van der Waals surface area contributed by atoms with Gasteiger partial charge in [-0.05, 0) is 43.9 Å². The van der Waals surface area contributed by atoms with Crippen LogP contribution in [0.15, 0.2) is 0 Å². The van der Waals surface area contributed by atoms with Gasteiger partial charge in [0.25, 0.3) is 17.4 Å². The van der Waals surface area contributed by atoms with E-state index in [1.54, 1.807) is 0 Å². The van der Waals surface area contributed by atoms with E-state index in [1.807, 2.05) is 6.92 Å². The van der Waals surface area contributed by atoms with Gasteiger partial charge >= 0.3 is 23.7 Å². The fraction of sp³-hybridized carbons (Fsp3) is 1.00. The number of unbranched alkanes of at least 4 members (excludes halogenated alkanes) is 4. The second-order valence-corrected chi connectivity index (χ2v) is 11.9. The van der Waals surface area contributed by atoms with Crippen molar-refractivity contribution in [3.63, 3.8) is 0 Å². The first-order valence-corrected chi connectivity index (χ1v) is 14.7. The van der Waals surface area contributed by atoms with Crippen LogP contribution in [0.4, 0.5) is 35.1 Å². The van der Waals surface area contributed by atoms with Crippen LogP contribution in [0.25, 0.3) is 0 Å². The summed E-state index contributed by atoms with van der Waals surface area (Å²) in [5.41, 5.74) is 0. The zero-order valence-corrected chi connectivity index (χ0v) is 20.2. The van der Waals surface area contributed by atoms with E-state index in [2.05, 4.69) is 0 Å². The maximum atomic E-state index is 14.0. The van der Waals surface area contributed by atoms with E-state index in [1.165, 1.54) is 13.1 Å². The van der Waals surface area contributed by atoms with Crippen molar-refractivity contribution >= 4 is 17.4 Å². The van der Waals surface area contributed by atoms with E-state index in [0.717, 1.165) is 6.42 Å². The molecule has 0 heterocycles. The lowest BCUT2D eigenvalue weighted by Gasteiger charge is -2.37. The van der Waals surface area contributed by atoms with Gasteiger partial charge in [0.05, 0.1) is 0 Å². The molecule has 0 aromatic carbocycles. The van der Waals surface area contributed by atoms with Crippen molar-refractivity contribution in [3.05, 3.63) is 0 Å². The Morgan fingerprint density at radius 1 is 0.645 bits per heavy atom. The van der Waals surface area contributed by atoms with Crippen molar-refractivity contribution in [2.24, 2.45) is 5.92 Å². The summed E-state index contributed by atoms with van der Waals surface area (Å²) in [4.78, 5) is 0. The molecule has 2 nitrogen and oxygen atoms in total. The molecule has 0 saturated heterocycles. The Morgan fingerprint density at radius 3 is 1.42 bits per heavy atom. The fourth-order valence-electron chi connectivity index (χ4n) is 3.43. The Bertz CT molecular complexity index is 569.